The Morgan fingerprint density at radius 1 is 0.848 bits per heavy atom. The molecule has 0 saturated carbocycles. The van der Waals surface area contributed by atoms with Gasteiger partial charge in [-0.05, 0) is 48.2 Å². The quantitative estimate of drug-likeness (QED) is 0.537. The lowest BCUT2D eigenvalue weighted by atomic mass is 9.88. The molecule has 3 aromatic carbocycles. The van der Waals surface area contributed by atoms with Crippen molar-refractivity contribution in [2.45, 2.75) is 25.7 Å². The second-order valence-electron chi connectivity index (χ2n) is 8.73. The molecule has 0 aliphatic carbocycles. The van der Waals surface area contributed by atoms with Gasteiger partial charge in [0.05, 0.1) is 0 Å². The summed E-state index contributed by atoms with van der Waals surface area (Å²) in [4.78, 5) is 17.4. The van der Waals surface area contributed by atoms with Crippen molar-refractivity contribution < 1.29 is 4.79 Å². The van der Waals surface area contributed by atoms with Crippen molar-refractivity contribution in [3.8, 4) is 0 Å². The number of rotatable bonds is 8. The molecule has 172 valence electrons. The molecule has 0 atom stereocenters. The van der Waals surface area contributed by atoms with Crippen LogP contribution in [-0.2, 0) is 6.42 Å². The number of carbonyl (C=O) groups is 1. The summed E-state index contributed by atoms with van der Waals surface area (Å²) in [6, 6.07) is 27.9. The number of nitrogens with one attached hydrogen (secondary N) is 1. The van der Waals surface area contributed by atoms with E-state index in [0.29, 0.717) is 5.92 Å². The van der Waals surface area contributed by atoms with Crippen molar-refractivity contribution >= 4 is 11.6 Å². The minimum atomic E-state index is 0.000187. The van der Waals surface area contributed by atoms with E-state index < -0.39 is 0 Å². The number of amides is 1. The zero-order valence-corrected chi connectivity index (χ0v) is 19.8. The summed E-state index contributed by atoms with van der Waals surface area (Å²) in [5.74, 6) is 0.418. The maximum Gasteiger partial charge on any atom is 0.251 e. The van der Waals surface area contributed by atoms with E-state index in [2.05, 4.69) is 88.8 Å². The smallest absolute Gasteiger partial charge is 0.251 e. The molecule has 1 N–H and O–H groups in total. The number of piperazine rings is 1. The van der Waals surface area contributed by atoms with E-state index in [9.17, 15) is 4.79 Å². The molecule has 0 bridgehead atoms. The van der Waals surface area contributed by atoms with Crippen LogP contribution in [0.1, 0.15) is 46.3 Å². The van der Waals surface area contributed by atoms with E-state index in [1.807, 2.05) is 12.1 Å². The molecule has 0 spiro atoms. The van der Waals surface area contributed by atoms with Crippen LogP contribution in [0.4, 0.5) is 5.69 Å². The highest BCUT2D eigenvalue weighted by atomic mass is 16.1. The highest BCUT2D eigenvalue weighted by molar-refractivity contribution is 5.97. The number of nitrogens with zero attached hydrogens (tertiary/aromatic N) is 2. The molecule has 1 amide bonds. The van der Waals surface area contributed by atoms with E-state index in [0.717, 1.165) is 56.7 Å². The number of carbonyl (C=O) groups excluding carboxylic acids is 1. The molecule has 0 radical (unpaired) electrons. The van der Waals surface area contributed by atoms with Crippen LogP contribution in [0.15, 0.2) is 78.9 Å². The number of hydrogen-bond acceptors (Lipinski definition) is 3. The second kappa shape index (κ2) is 11.2. The first kappa shape index (κ1) is 23.1. The van der Waals surface area contributed by atoms with Crippen molar-refractivity contribution in [3.63, 3.8) is 0 Å². The molecule has 4 rings (SSSR count). The SMILES string of the molecule is CCc1c(C(=O)NC)cccc1N1CCN(CCC(c2ccccc2)c2ccccc2)CC1. The van der Waals surface area contributed by atoms with Gasteiger partial charge in [-0.25, -0.2) is 0 Å². The summed E-state index contributed by atoms with van der Waals surface area (Å²) < 4.78 is 0. The van der Waals surface area contributed by atoms with Crippen LogP contribution >= 0.6 is 0 Å². The minimum Gasteiger partial charge on any atom is -0.369 e. The van der Waals surface area contributed by atoms with Gasteiger partial charge in [0, 0.05) is 50.4 Å². The third kappa shape index (κ3) is 5.45. The van der Waals surface area contributed by atoms with Crippen LogP contribution in [0.3, 0.4) is 0 Å². The predicted octanol–water partition coefficient (Wildman–Crippen LogP) is 4.95. The zero-order chi connectivity index (χ0) is 23.0. The normalized spacial score (nSPS) is 14.5. The van der Waals surface area contributed by atoms with E-state index in [-0.39, 0.29) is 5.91 Å². The molecular weight excluding hydrogens is 406 g/mol. The summed E-state index contributed by atoms with van der Waals surface area (Å²) in [5.41, 5.74) is 5.94. The Balaban J connectivity index is 1.41. The predicted molar refractivity (Wildman–Crippen MR) is 137 cm³/mol. The lowest BCUT2D eigenvalue weighted by Crippen LogP contribution is -2.47. The molecule has 4 nitrogen and oxygen atoms in total. The fraction of sp³-hybridized carbons (Fsp3) is 0.345. The van der Waals surface area contributed by atoms with Crippen molar-refractivity contribution in [1.29, 1.82) is 0 Å². The summed E-state index contributed by atoms with van der Waals surface area (Å²) in [6.07, 6.45) is 1.97. The number of hydrogen-bond donors (Lipinski definition) is 1. The van der Waals surface area contributed by atoms with E-state index >= 15 is 0 Å². The Kier molecular flexibility index (Phi) is 7.79. The van der Waals surface area contributed by atoms with Gasteiger partial charge < -0.3 is 10.2 Å². The molecule has 0 aromatic heterocycles. The highest BCUT2D eigenvalue weighted by Gasteiger charge is 2.22. The molecule has 3 aromatic rings. The molecule has 33 heavy (non-hydrogen) atoms. The molecule has 4 heteroatoms. The molecule has 1 aliphatic rings. The largest absolute Gasteiger partial charge is 0.369 e. The van der Waals surface area contributed by atoms with E-state index in [1.165, 1.54) is 16.8 Å². The first-order chi connectivity index (χ1) is 16.2. The van der Waals surface area contributed by atoms with Crippen LogP contribution in [-0.4, -0.2) is 50.6 Å². The highest BCUT2D eigenvalue weighted by Crippen LogP contribution is 2.29. The fourth-order valence-electron chi connectivity index (χ4n) is 5.01. The third-order valence-corrected chi connectivity index (χ3v) is 6.83. The molecule has 1 aliphatic heterocycles. The van der Waals surface area contributed by atoms with Crippen LogP contribution in [0.25, 0.3) is 0 Å². The van der Waals surface area contributed by atoms with E-state index in [4.69, 9.17) is 0 Å². The van der Waals surface area contributed by atoms with E-state index in [1.54, 1.807) is 7.05 Å². The van der Waals surface area contributed by atoms with Gasteiger partial charge in [-0.2, -0.15) is 0 Å². The van der Waals surface area contributed by atoms with Crippen molar-refractivity contribution in [3.05, 3.63) is 101 Å². The van der Waals surface area contributed by atoms with Crippen molar-refractivity contribution in [2.24, 2.45) is 0 Å². The van der Waals surface area contributed by atoms with Gasteiger partial charge in [0.2, 0.25) is 0 Å². The fourth-order valence-corrected chi connectivity index (χ4v) is 5.01. The zero-order valence-electron chi connectivity index (χ0n) is 19.8. The van der Waals surface area contributed by atoms with Gasteiger partial charge in [-0.15, -0.1) is 0 Å². The Bertz CT molecular complexity index is 988. The summed E-state index contributed by atoms with van der Waals surface area (Å²) >= 11 is 0. The topological polar surface area (TPSA) is 35.6 Å². The first-order valence-corrected chi connectivity index (χ1v) is 12.1. The Labute approximate surface area is 198 Å². The van der Waals surface area contributed by atoms with Crippen LogP contribution in [0.5, 0.6) is 0 Å². The Morgan fingerprint density at radius 3 is 2.00 bits per heavy atom. The standard InChI is InChI=1S/C29H35N3O/c1-3-25-27(29(33)30-2)15-10-16-28(25)32-21-19-31(20-22-32)18-17-26(23-11-6-4-7-12-23)24-13-8-5-9-14-24/h4-16,26H,3,17-22H2,1-2H3,(H,30,33). The maximum absolute atomic E-state index is 12.3. The average Bonchev–Trinajstić information content (AvgIpc) is 2.89. The lowest BCUT2D eigenvalue weighted by Gasteiger charge is -2.38. The van der Waals surface area contributed by atoms with Crippen molar-refractivity contribution in [1.82, 2.24) is 10.2 Å². The molecule has 1 fully saturated rings. The molecule has 1 saturated heterocycles. The van der Waals surface area contributed by atoms with Crippen molar-refractivity contribution in [2.75, 3.05) is 44.7 Å². The summed E-state index contributed by atoms with van der Waals surface area (Å²) in [7, 11) is 1.70. The molecule has 0 unspecified atom stereocenters. The van der Waals surface area contributed by atoms with Gasteiger partial charge in [-0.1, -0.05) is 73.7 Å². The summed E-state index contributed by atoms with van der Waals surface area (Å²) in [6.45, 7) is 7.29. The van der Waals surface area contributed by atoms with Gasteiger partial charge in [-0.3, -0.25) is 9.69 Å². The number of benzene rings is 3. The van der Waals surface area contributed by atoms with Crippen LogP contribution in [0, 0.1) is 0 Å². The van der Waals surface area contributed by atoms with Gasteiger partial charge in [0.25, 0.3) is 5.91 Å². The molecular formula is C29H35N3O. The monoisotopic (exact) mass is 441 g/mol. The van der Waals surface area contributed by atoms with Gasteiger partial charge in [0.1, 0.15) is 0 Å². The molecule has 1 heterocycles. The minimum absolute atomic E-state index is 0.000187. The second-order valence-corrected chi connectivity index (χ2v) is 8.73. The average molecular weight is 442 g/mol. The lowest BCUT2D eigenvalue weighted by molar-refractivity contribution is 0.0962. The third-order valence-electron chi connectivity index (χ3n) is 6.83. The Hall–Kier alpha value is -3.11. The van der Waals surface area contributed by atoms with Gasteiger partial charge in [0.15, 0.2) is 0 Å². The summed E-state index contributed by atoms with van der Waals surface area (Å²) in [5, 5.41) is 2.78. The van der Waals surface area contributed by atoms with Gasteiger partial charge >= 0.3 is 0 Å². The maximum atomic E-state index is 12.3. The Morgan fingerprint density at radius 2 is 1.45 bits per heavy atom. The van der Waals surface area contributed by atoms with Crippen LogP contribution < -0.4 is 10.2 Å². The number of anilines is 1. The van der Waals surface area contributed by atoms with Crippen LogP contribution in [0.2, 0.25) is 0 Å². The first-order valence-electron chi connectivity index (χ1n) is 12.1.